The fraction of sp³-hybridized carbons (Fsp3) is 0.138. The standard InChI is InChI=1S/C29H27NO3/c1-20-9-13-26(17-21(20)2)30-29(31)24-12-16-28(32-3)25(18-24)19-33-27-14-10-23(11-15-27)22-7-5-4-6-8-22/h4-18H,19H2,1-3H3,(H,30,31). The van der Waals surface area contributed by atoms with Gasteiger partial charge >= 0.3 is 0 Å². The zero-order valence-electron chi connectivity index (χ0n) is 19.1. The first-order valence-electron chi connectivity index (χ1n) is 10.9. The molecule has 4 aromatic rings. The molecule has 1 amide bonds. The predicted molar refractivity (Wildman–Crippen MR) is 133 cm³/mol. The molecule has 0 radical (unpaired) electrons. The molecule has 0 unspecified atom stereocenters. The van der Waals surface area contributed by atoms with Gasteiger partial charge in [-0.1, -0.05) is 48.5 Å². The lowest BCUT2D eigenvalue weighted by molar-refractivity contribution is 0.102. The minimum Gasteiger partial charge on any atom is -0.496 e. The molecule has 0 aliphatic carbocycles. The van der Waals surface area contributed by atoms with Gasteiger partial charge in [0.1, 0.15) is 18.1 Å². The van der Waals surface area contributed by atoms with E-state index >= 15 is 0 Å². The van der Waals surface area contributed by atoms with Gasteiger partial charge in [0.15, 0.2) is 0 Å². The minimum absolute atomic E-state index is 0.172. The topological polar surface area (TPSA) is 47.6 Å². The van der Waals surface area contributed by atoms with E-state index < -0.39 is 0 Å². The largest absolute Gasteiger partial charge is 0.496 e. The summed E-state index contributed by atoms with van der Waals surface area (Å²) in [6.07, 6.45) is 0. The first-order chi connectivity index (χ1) is 16.0. The summed E-state index contributed by atoms with van der Waals surface area (Å²) in [5.41, 5.74) is 6.74. The van der Waals surface area contributed by atoms with Crippen LogP contribution in [0.1, 0.15) is 27.0 Å². The highest BCUT2D eigenvalue weighted by Crippen LogP contribution is 2.25. The third-order valence-electron chi connectivity index (χ3n) is 5.66. The lowest BCUT2D eigenvalue weighted by Crippen LogP contribution is -2.13. The average Bonchev–Trinajstić information content (AvgIpc) is 2.85. The molecule has 0 fully saturated rings. The Kier molecular flexibility index (Phi) is 6.75. The van der Waals surface area contributed by atoms with Crippen LogP contribution in [-0.2, 0) is 6.61 Å². The zero-order valence-corrected chi connectivity index (χ0v) is 19.1. The minimum atomic E-state index is -0.172. The second-order valence-corrected chi connectivity index (χ2v) is 7.96. The highest BCUT2D eigenvalue weighted by molar-refractivity contribution is 6.04. The lowest BCUT2D eigenvalue weighted by Gasteiger charge is -2.13. The Morgan fingerprint density at radius 1 is 0.788 bits per heavy atom. The quantitative estimate of drug-likeness (QED) is 0.345. The molecule has 0 aromatic heterocycles. The van der Waals surface area contributed by atoms with Gasteiger partial charge in [0.2, 0.25) is 0 Å². The SMILES string of the molecule is COc1ccc(C(=O)Nc2ccc(C)c(C)c2)cc1COc1ccc(-c2ccccc2)cc1. The van der Waals surface area contributed by atoms with Gasteiger partial charge < -0.3 is 14.8 Å². The lowest BCUT2D eigenvalue weighted by atomic mass is 10.1. The highest BCUT2D eigenvalue weighted by atomic mass is 16.5. The Labute approximate surface area is 194 Å². The maximum atomic E-state index is 12.8. The first-order valence-corrected chi connectivity index (χ1v) is 10.9. The van der Waals surface area contributed by atoms with Crippen LogP contribution in [0.5, 0.6) is 11.5 Å². The van der Waals surface area contributed by atoms with E-state index in [0.29, 0.717) is 17.9 Å². The summed E-state index contributed by atoms with van der Waals surface area (Å²) >= 11 is 0. The summed E-state index contributed by atoms with van der Waals surface area (Å²) in [7, 11) is 1.61. The fourth-order valence-corrected chi connectivity index (χ4v) is 3.59. The van der Waals surface area contributed by atoms with Crippen molar-refractivity contribution >= 4 is 11.6 Å². The van der Waals surface area contributed by atoms with Crippen LogP contribution in [0.2, 0.25) is 0 Å². The van der Waals surface area contributed by atoms with Gasteiger partial charge in [-0.15, -0.1) is 0 Å². The number of carbonyl (C=O) groups is 1. The number of ether oxygens (including phenoxy) is 2. The molecule has 0 aliphatic heterocycles. The number of methoxy groups -OCH3 is 1. The Morgan fingerprint density at radius 2 is 1.52 bits per heavy atom. The number of anilines is 1. The second-order valence-electron chi connectivity index (χ2n) is 7.96. The van der Waals surface area contributed by atoms with E-state index in [-0.39, 0.29) is 5.91 Å². The number of rotatable bonds is 7. The number of hydrogen-bond donors (Lipinski definition) is 1. The van der Waals surface area contributed by atoms with Crippen molar-refractivity contribution in [3.8, 4) is 22.6 Å². The molecule has 0 saturated carbocycles. The number of aryl methyl sites for hydroxylation is 2. The molecule has 0 atom stereocenters. The van der Waals surface area contributed by atoms with Gasteiger partial charge in [0, 0.05) is 16.8 Å². The van der Waals surface area contributed by atoms with Crippen LogP contribution in [0.15, 0.2) is 91.0 Å². The van der Waals surface area contributed by atoms with Crippen LogP contribution in [0.3, 0.4) is 0 Å². The molecular formula is C29H27NO3. The van der Waals surface area contributed by atoms with Crippen LogP contribution in [0.4, 0.5) is 5.69 Å². The van der Waals surface area contributed by atoms with Gasteiger partial charge in [-0.25, -0.2) is 0 Å². The third kappa shape index (κ3) is 5.42. The number of benzene rings is 4. The van der Waals surface area contributed by atoms with Crippen LogP contribution < -0.4 is 14.8 Å². The smallest absolute Gasteiger partial charge is 0.255 e. The molecule has 166 valence electrons. The van der Waals surface area contributed by atoms with Crippen molar-refractivity contribution in [3.05, 3.63) is 113 Å². The Hall–Kier alpha value is -4.05. The average molecular weight is 438 g/mol. The van der Waals surface area contributed by atoms with Crippen molar-refractivity contribution in [3.63, 3.8) is 0 Å². The van der Waals surface area contributed by atoms with Crippen LogP contribution in [0.25, 0.3) is 11.1 Å². The molecule has 4 rings (SSSR count). The highest BCUT2D eigenvalue weighted by Gasteiger charge is 2.12. The molecule has 0 bridgehead atoms. The molecule has 33 heavy (non-hydrogen) atoms. The summed E-state index contributed by atoms with van der Waals surface area (Å²) in [5.74, 6) is 1.26. The normalized spacial score (nSPS) is 10.5. The van der Waals surface area contributed by atoms with Crippen LogP contribution in [-0.4, -0.2) is 13.0 Å². The first kappa shape index (κ1) is 22.2. The number of carbonyl (C=O) groups excluding carboxylic acids is 1. The molecular weight excluding hydrogens is 410 g/mol. The van der Waals surface area contributed by atoms with Crippen molar-refractivity contribution in [2.24, 2.45) is 0 Å². The molecule has 4 nitrogen and oxygen atoms in total. The molecule has 4 aromatic carbocycles. The van der Waals surface area contributed by atoms with Gasteiger partial charge in [0.05, 0.1) is 7.11 Å². The van der Waals surface area contributed by atoms with Crippen molar-refractivity contribution in [2.75, 3.05) is 12.4 Å². The van der Waals surface area contributed by atoms with Crippen molar-refractivity contribution in [1.29, 1.82) is 0 Å². The van der Waals surface area contributed by atoms with Gasteiger partial charge in [-0.05, 0) is 78.6 Å². The van der Waals surface area contributed by atoms with E-state index in [1.807, 2.05) is 80.6 Å². The zero-order chi connectivity index (χ0) is 23.2. The van der Waals surface area contributed by atoms with E-state index in [1.165, 1.54) is 5.56 Å². The molecule has 0 heterocycles. The van der Waals surface area contributed by atoms with E-state index in [0.717, 1.165) is 33.7 Å². The maximum Gasteiger partial charge on any atom is 0.255 e. The third-order valence-corrected chi connectivity index (χ3v) is 5.66. The number of hydrogen-bond acceptors (Lipinski definition) is 3. The maximum absolute atomic E-state index is 12.8. The summed E-state index contributed by atoms with van der Waals surface area (Å²) < 4.78 is 11.5. The molecule has 0 aliphatic rings. The van der Waals surface area contributed by atoms with Crippen molar-refractivity contribution in [2.45, 2.75) is 20.5 Å². The van der Waals surface area contributed by atoms with Crippen LogP contribution >= 0.6 is 0 Å². The number of nitrogens with one attached hydrogen (secondary N) is 1. The monoisotopic (exact) mass is 437 g/mol. The summed E-state index contributed by atoms with van der Waals surface area (Å²) in [5, 5.41) is 2.97. The molecule has 0 saturated heterocycles. The van der Waals surface area contributed by atoms with E-state index in [4.69, 9.17) is 9.47 Å². The summed E-state index contributed by atoms with van der Waals surface area (Å²) in [6.45, 7) is 4.37. The molecule has 1 N–H and O–H groups in total. The van der Waals surface area contributed by atoms with E-state index in [1.54, 1.807) is 19.2 Å². The summed E-state index contributed by atoms with van der Waals surface area (Å²) in [4.78, 5) is 12.8. The van der Waals surface area contributed by atoms with Gasteiger partial charge in [-0.3, -0.25) is 4.79 Å². The van der Waals surface area contributed by atoms with Crippen LogP contribution in [0, 0.1) is 13.8 Å². The van der Waals surface area contributed by atoms with E-state index in [2.05, 4.69) is 17.4 Å². The Bertz CT molecular complexity index is 1250. The number of amides is 1. The van der Waals surface area contributed by atoms with Gasteiger partial charge in [-0.2, -0.15) is 0 Å². The molecule has 4 heteroatoms. The van der Waals surface area contributed by atoms with E-state index in [9.17, 15) is 4.79 Å². The fourth-order valence-electron chi connectivity index (χ4n) is 3.59. The summed E-state index contributed by atoms with van der Waals surface area (Å²) in [6, 6.07) is 29.4. The second kappa shape index (κ2) is 10.0. The predicted octanol–water partition coefficient (Wildman–Crippen LogP) is 6.81. The molecule has 0 spiro atoms. The van der Waals surface area contributed by atoms with Crippen molar-refractivity contribution in [1.82, 2.24) is 0 Å². The Balaban J connectivity index is 1.46. The van der Waals surface area contributed by atoms with Gasteiger partial charge in [0.25, 0.3) is 5.91 Å². The van der Waals surface area contributed by atoms with Crippen molar-refractivity contribution < 1.29 is 14.3 Å². The Morgan fingerprint density at radius 3 is 2.21 bits per heavy atom.